The van der Waals surface area contributed by atoms with E-state index in [2.05, 4.69) is 26.3 Å². The molecule has 1 fully saturated rings. The third-order valence-electron chi connectivity index (χ3n) is 8.96. The number of nitrogens with zero attached hydrogens (tertiary/aromatic N) is 3. The highest BCUT2D eigenvalue weighted by Crippen LogP contribution is 2.40. The van der Waals surface area contributed by atoms with Crippen molar-refractivity contribution in [3.63, 3.8) is 0 Å². The number of aromatic nitrogens is 1. The molecule has 0 aromatic carbocycles. The third-order valence-corrected chi connectivity index (χ3v) is 10.2. The Morgan fingerprint density at radius 2 is 1.71 bits per heavy atom. The van der Waals surface area contributed by atoms with Gasteiger partial charge in [-0.3, -0.25) is 19.4 Å². The van der Waals surface area contributed by atoms with Crippen LogP contribution in [0.3, 0.4) is 0 Å². The number of hydrogen-bond donors (Lipinski definition) is 4. The van der Waals surface area contributed by atoms with Gasteiger partial charge in [0, 0.05) is 63.4 Å². The van der Waals surface area contributed by atoms with Crippen LogP contribution in [0.4, 0.5) is 13.6 Å². The molecular formula is C33H51F2N7O6S. The summed E-state index contributed by atoms with van der Waals surface area (Å²) < 4.78 is 52.4. The molecule has 13 nitrogen and oxygen atoms in total. The first-order chi connectivity index (χ1) is 22.6. The van der Waals surface area contributed by atoms with E-state index in [0.29, 0.717) is 6.42 Å². The minimum absolute atomic E-state index is 0.00981. The summed E-state index contributed by atoms with van der Waals surface area (Å²) >= 11 is 0. The molecule has 0 bridgehead atoms. The molecule has 6 atom stereocenters. The van der Waals surface area contributed by atoms with Gasteiger partial charge in [0.1, 0.15) is 18.1 Å². The summed E-state index contributed by atoms with van der Waals surface area (Å²) in [7, 11) is -2.12. The SMILES string of the molecule is CN(C[C@@H](NC(=O)N[C@H](C(=O)N1CC2C=CC2[C@H]1C(=O)N[C@@H](CC(F)F)C(=O)NCCc1cccnc1)C(C)(C)C)C(C)(C)C)S(C)(=O)=O. The number of halogens is 2. The molecule has 274 valence electrons. The molecule has 2 unspecified atom stereocenters. The molecule has 0 radical (unpaired) electrons. The second kappa shape index (κ2) is 15.9. The first-order valence-corrected chi connectivity index (χ1v) is 18.2. The molecular weight excluding hydrogens is 660 g/mol. The van der Waals surface area contributed by atoms with E-state index >= 15 is 0 Å². The van der Waals surface area contributed by atoms with Gasteiger partial charge in [0.05, 0.1) is 6.26 Å². The summed E-state index contributed by atoms with van der Waals surface area (Å²) in [5.74, 6) is -2.61. The minimum atomic E-state index is -3.53. The number of fused-ring (bicyclic) bond motifs is 1. The van der Waals surface area contributed by atoms with Crippen LogP contribution in [0.15, 0.2) is 36.7 Å². The summed E-state index contributed by atoms with van der Waals surface area (Å²) in [6, 6.07) is -1.53. The zero-order valence-electron chi connectivity index (χ0n) is 29.5. The molecule has 2 aliphatic rings. The predicted octanol–water partition coefficient (Wildman–Crippen LogP) is 1.91. The van der Waals surface area contributed by atoms with Crippen molar-refractivity contribution in [1.29, 1.82) is 0 Å². The molecule has 3 rings (SSSR count). The van der Waals surface area contributed by atoms with Gasteiger partial charge in [-0.05, 0) is 28.9 Å². The van der Waals surface area contributed by atoms with Gasteiger partial charge < -0.3 is 26.2 Å². The van der Waals surface area contributed by atoms with E-state index in [-0.39, 0.29) is 25.6 Å². The Morgan fingerprint density at radius 1 is 1.04 bits per heavy atom. The van der Waals surface area contributed by atoms with Gasteiger partial charge in [-0.25, -0.2) is 26.3 Å². The lowest BCUT2D eigenvalue weighted by atomic mass is 9.81. The molecule has 1 aliphatic carbocycles. The lowest BCUT2D eigenvalue weighted by Crippen LogP contribution is -2.62. The molecule has 1 aromatic heterocycles. The Balaban J connectivity index is 1.77. The fourth-order valence-corrected chi connectivity index (χ4v) is 6.17. The second-order valence-corrected chi connectivity index (χ2v) is 17.1. The van der Waals surface area contributed by atoms with E-state index in [1.54, 1.807) is 45.3 Å². The largest absolute Gasteiger partial charge is 0.354 e. The standard InChI is InChI=1S/C33H51F2N7O6S/c1-32(2,3)24(19-41(7)49(8,47)48)39-31(46)40-27(33(4,5)6)30(45)42-18-21-11-12-22(21)26(42)29(44)38-23(16-25(34)35)28(43)37-15-13-20-10-9-14-36-17-20/h9-12,14,17,21-27H,13,15-16,18-19H2,1-8H3,(H,37,43)(H,38,44)(H2,39,40,46)/t21?,22?,23-,24+,26-,27+/m0/s1. The molecule has 1 aromatic rings. The Labute approximate surface area is 288 Å². The van der Waals surface area contributed by atoms with Crippen molar-refractivity contribution in [1.82, 2.24) is 35.5 Å². The maximum absolute atomic E-state index is 14.2. The third kappa shape index (κ3) is 10.9. The van der Waals surface area contributed by atoms with E-state index in [4.69, 9.17) is 0 Å². The van der Waals surface area contributed by atoms with Gasteiger partial charge in [0.15, 0.2) is 0 Å². The molecule has 4 N–H and O–H groups in total. The average molecular weight is 712 g/mol. The average Bonchev–Trinajstić information content (AvgIpc) is 3.23. The fraction of sp³-hybridized carbons (Fsp3) is 0.667. The van der Waals surface area contributed by atoms with E-state index in [9.17, 15) is 36.4 Å². The monoisotopic (exact) mass is 711 g/mol. The van der Waals surface area contributed by atoms with Crippen molar-refractivity contribution in [3.8, 4) is 0 Å². The molecule has 16 heteroatoms. The van der Waals surface area contributed by atoms with Crippen LogP contribution < -0.4 is 21.3 Å². The number of pyridine rings is 1. The van der Waals surface area contributed by atoms with Crippen LogP contribution in [0.2, 0.25) is 0 Å². The van der Waals surface area contributed by atoms with E-state index in [1.165, 1.54) is 11.9 Å². The van der Waals surface area contributed by atoms with Crippen LogP contribution in [-0.4, -0.2) is 110 Å². The topological polar surface area (TPSA) is 170 Å². The van der Waals surface area contributed by atoms with Crippen molar-refractivity contribution >= 4 is 33.8 Å². The molecule has 1 saturated heterocycles. The second-order valence-electron chi connectivity index (χ2n) is 15.0. The summed E-state index contributed by atoms with van der Waals surface area (Å²) in [5, 5.41) is 10.7. The zero-order valence-corrected chi connectivity index (χ0v) is 30.3. The Kier molecular flexibility index (Phi) is 12.9. The van der Waals surface area contributed by atoms with Crippen LogP contribution in [0, 0.1) is 22.7 Å². The summed E-state index contributed by atoms with van der Waals surface area (Å²) in [4.78, 5) is 59.7. The number of rotatable bonds is 14. The van der Waals surface area contributed by atoms with Gasteiger partial charge in [-0.15, -0.1) is 0 Å². The lowest BCUT2D eigenvalue weighted by molar-refractivity contribution is -0.143. The quantitative estimate of drug-likeness (QED) is 0.214. The van der Waals surface area contributed by atoms with Crippen molar-refractivity contribution in [2.24, 2.45) is 22.7 Å². The lowest BCUT2D eigenvalue weighted by Gasteiger charge is -2.38. The fourth-order valence-electron chi connectivity index (χ4n) is 5.75. The van der Waals surface area contributed by atoms with Crippen molar-refractivity contribution in [2.75, 3.05) is 32.9 Å². The maximum Gasteiger partial charge on any atom is 0.315 e. The number of hydrogen-bond acceptors (Lipinski definition) is 7. The van der Waals surface area contributed by atoms with Crippen LogP contribution in [-0.2, 0) is 30.8 Å². The highest BCUT2D eigenvalue weighted by Gasteiger charge is 2.52. The number of likely N-dealkylation sites (N-methyl/N-ethyl adjacent to an activating group) is 1. The first-order valence-electron chi connectivity index (χ1n) is 16.3. The first kappa shape index (κ1) is 39.8. The highest BCUT2D eigenvalue weighted by atomic mass is 32.2. The van der Waals surface area contributed by atoms with E-state index in [0.717, 1.165) is 16.1 Å². The zero-order chi connectivity index (χ0) is 36.9. The molecule has 0 saturated carbocycles. The van der Waals surface area contributed by atoms with Gasteiger partial charge in [0.25, 0.3) is 0 Å². The van der Waals surface area contributed by atoms with Gasteiger partial charge >= 0.3 is 6.03 Å². The predicted molar refractivity (Wildman–Crippen MR) is 181 cm³/mol. The number of carbonyl (C=O) groups is 4. The number of urea groups is 1. The number of carbonyl (C=O) groups excluding carboxylic acids is 4. The molecule has 0 spiro atoms. The molecule has 5 amide bonds. The summed E-state index contributed by atoms with van der Waals surface area (Å²) in [5.41, 5.74) is -0.552. The smallest absolute Gasteiger partial charge is 0.315 e. The summed E-state index contributed by atoms with van der Waals surface area (Å²) in [6.07, 6.45) is 4.55. The Bertz CT molecular complexity index is 1480. The van der Waals surface area contributed by atoms with Gasteiger partial charge in [-0.1, -0.05) is 59.8 Å². The van der Waals surface area contributed by atoms with Gasteiger partial charge in [-0.2, -0.15) is 0 Å². The number of alkyl halides is 2. The summed E-state index contributed by atoms with van der Waals surface area (Å²) in [6.45, 7) is 11.1. The van der Waals surface area contributed by atoms with E-state index < -0.39 is 87.5 Å². The number of likely N-dealkylation sites (tertiary alicyclic amines) is 1. The molecule has 1 aliphatic heterocycles. The van der Waals surface area contributed by atoms with Crippen LogP contribution >= 0.6 is 0 Å². The highest BCUT2D eigenvalue weighted by molar-refractivity contribution is 7.88. The normalized spacial score (nSPS) is 21.0. The van der Waals surface area contributed by atoms with Crippen molar-refractivity contribution in [3.05, 3.63) is 42.2 Å². The van der Waals surface area contributed by atoms with Gasteiger partial charge in [0.2, 0.25) is 34.2 Å². The van der Waals surface area contributed by atoms with Crippen LogP contribution in [0.5, 0.6) is 0 Å². The number of sulfonamides is 1. The Morgan fingerprint density at radius 3 is 2.22 bits per heavy atom. The number of amides is 5. The Hall–Kier alpha value is -3.66. The minimum Gasteiger partial charge on any atom is -0.354 e. The molecule has 49 heavy (non-hydrogen) atoms. The van der Waals surface area contributed by atoms with Crippen LogP contribution in [0.25, 0.3) is 0 Å². The van der Waals surface area contributed by atoms with E-state index in [1.807, 2.05) is 32.9 Å². The molecule has 2 heterocycles. The van der Waals surface area contributed by atoms with Crippen molar-refractivity contribution < 1.29 is 36.4 Å². The number of nitrogens with one attached hydrogen (secondary N) is 4. The van der Waals surface area contributed by atoms with Crippen molar-refractivity contribution in [2.45, 2.75) is 85.0 Å². The van der Waals surface area contributed by atoms with Crippen LogP contribution in [0.1, 0.15) is 53.5 Å². The maximum atomic E-state index is 14.2.